The quantitative estimate of drug-likeness (QED) is 0.404. The molecule has 1 aliphatic rings. The van der Waals surface area contributed by atoms with Gasteiger partial charge in [-0.3, -0.25) is 4.99 Å². The Morgan fingerprint density at radius 1 is 1.16 bits per heavy atom. The minimum Gasteiger partial charge on any atom is -0.359 e. The van der Waals surface area contributed by atoms with Crippen LogP contribution in [0.3, 0.4) is 0 Å². The molecule has 0 spiro atoms. The lowest BCUT2D eigenvalue weighted by Gasteiger charge is -2.20. The third kappa shape index (κ3) is 4.53. The highest BCUT2D eigenvalue weighted by molar-refractivity contribution is 6.30. The van der Waals surface area contributed by atoms with E-state index in [1.165, 1.54) is 24.3 Å². The van der Waals surface area contributed by atoms with Crippen molar-refractivity contribution < 1.29 is 17.7 Å². The summed E-state index contributed by atoms with van der Waals surface area (Å²) in [5, 5.41) is 4.22. The summed E-state index contributed by atoms with van der Waals surface area (Å²) in [7, 11) is 0. The summed E-state index contributed by atoms with van der Waals surface area (Å²) in [5.41, 5.74) is 2.10. The molecule has 0 aliphatic carbocycles. The van der Waals surface area contributed by atoms with Crippen molar-refractivity contribution in [1.29, 1.82) is 0 Å². The Bertz CT molecular complexity index is 1290. The van der Waals surface area contributed by atoms with E-state index in [4.69, 9.17) is 16.1 Å². The Balaban J connectivity index is 1.55. The summed E-state index contributed by atoms with van der Waals surface area (Å²) >= 11 is 5.79. The summed E-state index contributed by atoms with van der Waals surface area (Å²) in [5.74, 6) is -1.90. The second-order valence-corrected chi connectivity index (χ2v) is 7.57. The molecule has 32 heavy (non-hydrogen) atoms. The average Bonchev–Trinajstić information content (AvgIpc) is 3.20. The van der Waals surface area contributed by atoms with Crippen LogP contribution in [0.15, 0.2) is 88.3 Å². The highest BCUT2D eigenvalue weighted by atomic mass is 35.5. The number of benzene rings is 2. The average molecular weight is 456 g/mol. The van der Waals surface area contributed by atoms with Crippen molar-refractivity contribution in [3.05, 3.63) is 113 Å². The van der Waals surface area contributed by atoms with E-state index in [2.05, 4.69) is 16.7 Å². The number of hydrogen-bond acceptors (Lipinski definition) is 4. The standard InChI is InChI=1S/C24H17ClF3N3O/c1-14-8-9-31(13-23(14)29-15(2)18-4-3-5-20(26)24(18)28)12-17-11-22(30-32-17)19-7-6-16(25)10-21(19)27/h3-11,13H,1,12H2,2H3. The van der Waals surface area contributed by atoms with Crippen molar-refractivity contribution in [2.45, 2.75) is 13.5 Å². The number of rotatable bonds is 5. The molecule has 162 valence electrons. The summed E-state index contributed by atoms with van der Waals surface area (Å²) in [6, 6.07) is 9.89. The fraction of sp³-hybridized carbons (Fsp3) is 0.0833. The molecule has 0 unspecified atom stereocenters. The van der Waals surface area contributed by atoms with Crippen LogP contribution in [-0.4, -0.2) is 15.8 Å². The predicted octanol–water partition coefficient (Wildman–Crippen LogP) is 6.65. The first-order valence-corrected chi connectivity index (χ1v) is 9.95. The third-order valence-electron chi connectivity index (χ3n) is 4.82. The first-order chi connectivity index (χ1) is 15.3. The number of halogens is 4. The van der Waals surface area contributed by atoms with Crippen molar-refractivity contribution >= 4 is 17.3 Å². The van der Waals surface area contributed by atoms with Crippen LogP contribution in [0.5, 0.6) is 0 Å². The van der Waals surface area contributed by atoms with Gasteiger partial charge in [0.05, 0.1) is 12.2 Å². The van der Waals surface area contributed by atoms with E-state index in [-0.39, 0.29) is 11.1 Å². The lowest BCUT2D eigenvalue weighted by Crippen LogP contribution is -2.13. The molecule has 2 heterocycles. The molecule has 0 radical (unpaired) electrons. The van der Waals surface area contributed by atoms with Crippen LogP contribution in [0.1, 0.15) is 18.2 Å². The van der Waals surface area contributed by atoms with Crippen molar-refractivity contribution in [2.24, 2.45) is 4.99 Å². The number of aliphatic imine (C=N–C) groups is 1. The Labute approximate surface area is 187 Å². The molecule has 0 amide bonds. The second kappa shape index (κ2) is 8.88. The van der Waals surface area contributed by atoms with E-state index in [9.17, 15) is 13.2 Å². The van der Waals surface area contributed by atoms with Gasteiger partial charge in [0.2, 0.25) is 0 Å². The van der Waals surface area contributed by atoms with E-state index in [1.54, 1.807) is 42.4 Å². The molecule has 4 rings (SSSR count). The van der Waals surface area contributed by atoms with E-state index in [1.807, 2.05) is 0 Å². The molecule has 0 saturated carbocycles. The molecule has 0 atom stereocenters. The van der Waals surface area contributed by atoms with Gasteiger partial charge in [-0.25, -0.2) is 13.2 Å². The van der Waals surface area contributed by atoms with Gasteiger partial charge >= 0.3 is 0 Å². The van der Waals surface area contributed by atoms with Crippen LogP contribution >= 0.6 is 11.6 Å². The molecular weight excluding hydrogens is 439 g/mol. The molecule has 8 heteroatoms. The van der Waals surface area contributed by atoms with Gasteiger partial charge in [-0.05, 0) is 48.9 Å². The van der Waals surface area contributed by atoms with Crippen LogP contribution < -0.4 is 0 Å². The number of nitrogens with zero attached hydrogens (tertiary/aromatic N) is 3. The SMILES string of the molecule is C=C1C=CN(Cc2cc(-c3ccc(Cl)cc3F)no2)C=C1N=C(C)c1cccc(F)c1F. The van der Waals surface area contributed by atoms with Gasteiger partial charge in [0.1, 0.15) is 11.5 Å². The van der Waals surface area contributed by atoms with E-state index < -0.39 is 17.5 Å². The minimum atomic E-state index is -0.952. The summed E-state index contributed by atoms with van der Waals surface area (Å²) in [4.78, 5) is 6.19. The summed E-state index contributed by atoms with van der Waals surface area (Å²) < 4.78 is 47.1. The maximum atomic E-state index is 14.1. The molecular formula is C24H17ClF3N3O. The zero-order valence-corrected chi connectivity index (χ0v) is 17.7. The number of aromatic nitrogens is 1. The van der Waals surface area contributed by atoms with Crippen LogP contribution in [0.2, 0.25) is 5.02 Å². The predicted molar refractivity (Wildman–Crippen MR) is 117 cm³/mol. The minimum absolute atomic E-state index is 0.0738. The highest BCUT2D eigenvalue weighted by Crippen LogP contribution is 2.27. The molecule has 4 nitrogen and oxygen atoms in total. The van der Waals surface area contributed by atoms with Crippen molar-refractivity contribution in [3.8, 4) is 11.3 Å². The molecule has 0 fully saturated rings. The topological polar surface area (TPSA) is 41.6 Å². The van der Waals surface area contributed by atoms with Gasteiger partial charge < -0.3 is 9.42 Å². The molecule has 0 bridgehead atoms. The Morgan fingerprint density at radius 3 is 2.75 bits per heavy atom. The van der Waals surface area contributed by atoms with E-state index in [0.29, 0.717) is 40.0 Å². The van der Waals surface area contributed by atoms with Gasteiger partial charge in [0.25, 0.3) is 0 Å². The zero-order chi connectivity index (χ0) is 22.8. The van der Waals surface area contributed by atoms with E-state index >= 15 is 0 Å². The first kappa shape index (κ1) is 21.6. The molecule has 1 aliphatic heterocycles. The molecule has 1 aromatic heterocycles. The van der Waals surface area contributed by atoms with Crippen molar-refractivity contribution in [1.82, 2.24) is 10.1 Å². The van der Waals surface area contributed by atoms with Crippen molar-refractivity contribution in [2.75, 3.05) is 0 Å². The van der Waals surface area contributed by atoms with Gasteiger partial charge in [-0.15, -0.1) is 0 Å². The number of allylic oxidation sites excluding steroid dienone is 1. The molecule has 0 N–H and O–H groups in total. The van der Waals surface area contributed by atoms with Crippen LogP contribution in [0.4, 0.5) is 13.2 Å². The van der Waals surface area contributed by atoms with Gasteiger partial charge in [-0.1, -0.05) is 29.4 Å². The zero-order valence-electron chi connectivity index (χ0n) is 16.9. The van der Waals surface area contributed by atoms with Gasteiger partial charge in [0, 0.05) is 40.3 Å². The number of hydrogen-bond donors (Lipinski definition) is 0. The van der Waals surface area contributed by atoms with Crippen LogP contribution in [0.25, 0.3) is 11.3 Å². The van der Waals surface area contributed by atoms with Gasteiger partial charge in [-0.2, -0.15) is 0 Å². The molecule has 2 aromatic carbocycles. The summed E-state index contributed by atoms with van der Waals surface area (Å²) in [6.07, 6.45) is 5.21. The highest BCUT2D eigenvalue weighted by Gasteiger charge is 2.16. The molecule has 0 saturated heterocycles. The maximum absolute atomic E-state index is 14.1. The lowest BCUT2D eigenvalue weighted by atomic mass is 10.1. The fourth-order valence-corrected chi connectivity index (χ4v) is 3.33. The van der Waals surface area contributed by atoms with Gasteiger partial charge in [0.15, 0.2) is 17.4 Å². The lowest BCUT2D eigenvalue weighted by molar-refractivity contribution is 0.341. The monoisotopic (exact) mass is 455 g/mol. The third-order valence-corrected chi connectivity index (χ3v) is 5.05. The Kier molecular flexibility index (Phi) is 6.01. The van der Waals surface area contributed by atoms with Crippen molar-refractivity contribution in [3.63, 3.8) is 0 Å². The second-order valence-electron chi connectivity index (χ2n) is 7.13. The fourth-order valence-electron chi connectivity index (χ4n) is 3.17. The smallest absolute Gasteiger partial charge is 0.167 e. The Hall–Kier alpha value is -3.58. The maximum Gasteiger partial charge on any atom is 0.167 e. The van der Waals surface area contributed by atoms with Crippen LogP contribution in [-0.2, 0) is 6.54 Å². The first-order valence-electron chi connectivity index (χ1n) is 9.57. The summed E-state index contributed by atoms with van der Waals surface area (Å²) in [6.45, 7) is 5.82. The normalized spacial score (nSPS) is 14.2. The molecule has 3 aromatic rings. The Morgan fingerprint density at radius 2 is 1.97 bits per heavy atom. The van der Waals surface area contributed by atoms with Crippen LogP contribution in [0, 0.1) is 17.5 Å². The largest absolute Gasteiger partial charge is 0.359 e. The van der Waals surface area contributed by atoms with E-state index in [0.717, 1.165) is 6.07 Å².